The van der Waals surface area contributed by atoms with E-state index in [1.807, 2.05) is 6.92 Å². The molecule has 3 rings (SSSR count). The average Bonchev–Trinajstić information content (AvgIpc) is 2.68. The van der Waals surface area contributed by atoms with Crippen LogP contribution in [0.25, 0.3) is 10.9 Å². The molecule has 3 nitrogen and oxygen atoms in total. The van der Waals surface area contributed by atoms with Crippen LogP contribution in [0.3, 0.4) is 0 Å². The molecular formula is C15H17NO2. The van der Waals surface area contributed by atoms with Gasteiger partial charge in [-0.25, -0.2) is 0 Å². The number of rotatable bonds is 1. The molecule has 0 saturated carbocycles. The molecular weight excluding hydrogens is 226 g/mol. The lowest BCUT2D eigenvalue weighted by atomic mass is 9.75. The van der Waals surface area contributed by atoms with Crippen LogP contribution in [0.5, 0.6) is 0 Å². The number of carbonyl (C=O) groups is 1. The van der Waals surface area contributed by atoms with Crippen LogP contribution in [-0.2, 0) is 16.6 Å². The standard InChI is InChI=1S/C15H17NO2/c1-9-5-6-10-11-4-3-7-15(2,14(17)18)13(11)16-12(10)8-9/h5-6,8,16H,3-4,7H2,1-2H3,(H,17,18). The minimum atomic E-state index is -0.763. The second-order valence-electron chi connectivity index (χ2n) is 5.52. The van der Waals surface area contributed by atoms with Crippen LogP contribution in [0.4, 0.5) is 0 Å². The van der Waals surface area contributed by atoms with Gasteiger partial charge in [0.05, 0.1) is 0 Å². The maximum absolute atomic E-state index is 11.6. The molecule has 0 saturated heterocycles. The molecule has 0 radical (unpaired) electrons. The van der Waals surface area contributed by atoms with E-state index < -0.39 is 11.4 Å². The van der Waals surface area contributed by atoms with E-state index >= 15 is 0 Å². The molecule has 2 N–H and O–H groups in total. The fourth-order valence-electron chi connectivity index (χ4n) is 3.06. The number of aromatic amines is 1. The number of H-pyrrole nitrogens is 1. The lowest BCUT2D eigenvalue weighted by Crippen LogP contribution is -2.36. The van der Waals surface area contributed by atoms with Crippen molar-refractivity contribution < 1.29 is 9.90 Å². The molecule has 1 aliphatic carbocycles. The third kappa shape index (κ3) is 1.40. The highest BCUT2D eigenvalue weighted by Gasteiger charge is 2.41. The van der Waals surface area contributed by atoms with Gasteiger partial charge in [-0.2, -0.15) is 0 Å². The van der Waals surface area contributed by atoms with Gasteiger partial charge in [-0.05, 0) is 50.3 Å². The van der Waals surface area contributed by atoms with E-state index in [-0.39, 0.29) is 0 Å². The summed E-state index contributed by atoms with van der Waals surface area (Å²) in [6.45, 7) is 3.88. The van der Waals surface area contributed by atoms with Gasteiger partial charge in [0.2, 0.25) is 0 Å². The SMILES string of the molecule is Cc1ccc2c3c([nH]c2c1)C(C)(C(=O)O)CCC3. The number of aromatic nitrogens is 1. The molecule has 0 spiro atoms. The van der Waals surface area contributed by atoms with Gasteiger partial charge in [-0.15, -0.1) is 0 Å². The smallest absolute Gasteiger partial charge is 0.315 e. The molecule has 3 heteroatoms. The Balaban J connectivity index is 2.31. The first-order valence-corrected chi connectivity index (χ1v) is 6.37. The highest BCUT2D eigenvalue weighted by atomic mass is 16.4. The zero-order valence-electron chi connectivity index (χ0n) is 10.7. The van der Waals surface area contributed by atoms with Crippen molar-refractivity contribution in [1.29, 1.82) is 0 Å². The van der Waals surface area contributed by atoms with Crippen molar-refractivity contribution in [1.82, 2.24) is 4.98 Å². The molecule has 18 heavy (non-hydrogen) atoms. The van der Waals surface area contributed by atoms with Crippen LogP contribution < -0.4 is 0 Å². The Morgan fingerprint density at radius 1 is 1.44 bits per heavy atom. The number of fused-ring (bicyclic) bond motifs is 3. The summed E-state index contributed by atoms with van der Waals surface area (Å²) in [6, 6.07) is 6.28. The summed E-state index contributed by atoms with van der Waals surface area (Å²) in [6.07, 6.45) is 2.62. The Kier molecular flexibility index (Phi) is 2.27. The molecule has 1 aliphatic rings. The minimum Gasteiger partial charge on any atom is -0.481 e. The Morgan fingerprint density at radius 3 is 2.94 bits per heavy atom. The first-order valence-electron chi connectivity index (χ1n) is 6.37. The lowest BCUT2D eigenvalue weighted by molar-refractivity contribution is -0.143. The summed E-state index contributed by atoms with van der Waals surface area (Å²) < 4.78 is 0. The minimum absolute atomic E-state index is 0.709. The number of carboxylic acid groups (broad SMARTS) is 1. The molecule has 2 aromatic rings. The number of hydrogen-bond donors (Lipinski definition) is 2. The highest BCUT2D eigenvalue weighted by molar-refractivity contribution is 5.90. The van der Waals surface area contributed by atoms with Gasteiger partial charge in [0.25, 0.3) is 0 Å². The second-order valence-corrected chi connectivity index (χ2v) is 5.52. The molecule has 1 aromatic carbocycles. The summed E-state index contributed by atoms with van der Waals surface area (Å²) in [7, 11) is 0. The normalized spacial score (nSPS) is 23.0. The maximum atomic E-state index is 11.6. The van der Waals surface area contributed by atoms with Gasteiger partial charge < -0.3 is 10.1 Å². The molecule has 0 amide bonds. The Bertz CT molecular complexity index is 641. The van der Waals surface area contributed by atoms with Gasteiger partial charge in [0, 0.05) is 16.6 Å². The van der Waals surface area contributed by atoms with Crippen molar-refractivity contribution in [3.8, 4) is 0 Å². The molecule has 1 heterocycles. The van der Waals surface area contributed by atoms with Crippen LogP contribution in [-0.4, -0.2) is 16.1 Å². The predicted octanol–water partition coefficient (Wildman–Crippen LogP) is 3.15. The van der Waals surface area contributed by atoms with E-state index in [1.165, 1.54) is 16.5 Å². The fraction of sp³-hybridized carbons (Fsp3) is 0.400. The third-order valence-corrected chi connectivity index (χ3v) is 4.19. The topological polar surface area (TPSA) is 53.1 Å². The summed E-state index contributed by atoms with van der Waals surface area (Å²) in [4.78, 5) is 14.9. The van der Waals surface area contributed by atoms with Gasteiger partial charge >= 0.3 is 5.97 Å². The first kappa shape index (κ1) is 11.3. The molecule has 94 valence electrons. The maximum Gasteiger partial charge on any atom is 0.315 e. The van der Waals surface area contributed by atoms with Gasteiger partial charge in [-0.1, -0.05) is 12.1 Å². The summed E-state index contributed by atoms with van der Waals surface area (Å²) >= 11 is 0. The van der Waals surface area contributed by atoms with Crippen LogP contribution in [0, 0.1) is 6.92 Å². The molecule has 0 aliphatic heterocycles. The van der Waals surface area contributed by atoms with Crippen molar-refractivity contribution in [2.75, 3.05) is 0 Å². The number of aliphatic carboxylic acids is 1. The summed E-state index contributed by atoms with van der Waals surface area (Å²) in [5, 5.41) is 10.7. The Hall–Kier alpha value is -1.77. The predicted molar refractivity (Wildman–Crippen MR) is 71.0 cm³/mol. The third-order valence-electron chi connectivity index (χ3n) is 4.19. The van der Waals surface area contributed by atoms with E-state index in [1.54, 1.807) is 0 Å². The van der Waals surface area contributed by atoms with Gasteiger partial charge in [-0.3, -0.25) is 4.79 Å². The van der Waals surface area contributed by atoms with Crippen molar-refractivity contribution in [3.05, 3.63) is 35.0 Å². The quantitative estimate of drug-likeness (QED) is 0.808. The molecule has 1 aromatic heterocycles. The Labute approximate surface area is 106 Å². The number of benzene rings is 1. The summed E-state index contributed by atoms with van der Waals surface area (Å²) in [5.41, 5.74) is 3.59. The van der Waals surface area contributed by atoms with Crippen LogP contribution in [0.2, 0.25) is 0 Å². The molecule has 1 atom stereocenters. The lowest BCUT2D eigenvalue weighted by Gasteiger charge is -2.29. The number of nitrogens with one attached hydrogen (secondary N) is 1. The van der Waals surface area contributed by atoms with E-state index in [9.17, 15) is 9.90 Å². The number of carboxylic acids is 1. The van der Waals surface area contributed by atoms with Crippen molar-refractivity contribution in [3.63, 3.8) is 0 Å². The van der Waals surface area contributed by atoms with Gasteiger partial charge in [0.1, 0.15) is 5.41 Å². The highest BCUT2D eigenvalue weighted by Crippen LogP contribution is 2.40. The number of hydrogen-bond acceptors (Lipinski definition) is 1. The zero-order valence-corrected chi connectivity index (χ0v) is 10.7. The van der Waals surface area contributed by atoms with E-state index in [4.69, 9.17) is 0 Å². The Morgan fingerprint density at radius 2 is 2.22 bits per heavy atom. The molecule has 0 fully saturated rings. The fourth-order valence-corrected chi connectivity index (χ4v) is 3.06. The van der Waals surface area contributed by atoms with Crippen molar-refractivity contribution in [2.45, 2.75) is 38.5 Å². The van der Waals surface area contributed by atoms with Crippen LogP contribution in [0.1, 0.15) is 36.6 Å². The van der Waals surface area contributed by atoms with Crippen molar-refractivity contribution >= 4 is 16.9 Å². The largest absolute Gasteiger partial charge is 0.481 e. The van der Waals surface area contributed by atoms with Crippen LogP contribution >= 0.6 is 0 Å². The van der Waals surface area contributed by atoms with Crippen LogP contribution in [0.15, 0.2) is 18.2 Å². The monoisotopic (exact) mass is 243 g/mol. The van der Waals surface area contributed by atoms with Gasteiger partial charge in [0.15, 0.2) is 0 Å². The zero-order chi connectivity index (χ0) is 12.9. The molecule has 1 unspecified atom stereocenters. The van der Waals surface area contributed by atoms with E-state index in [0.29, 0.717) is 6.42 Å². The van der Waals surface area contributed by atoms with Crippen molar-refractivity contribution in [2.24, 2.45) is 0 Å². The first-order chi connectivity index (χ1) is 8.52. The second kappa shape index (κ2) is 3.61. The van der Waals surface area contributed by atoms with E-state index in [0.717, 1.165) is 24.1 Å². The average molecular weight is 243 g/mol. The van der Waals surface area contributed by atoms with E-state index in [2.05, 4.69) is 30.1 Å². The summed E-state index contributed by atoms with van der Waals surface area (Å²) in [5.74, 6) is -0.730. The molecule has 0 bridgehead atoms. The number of aryl methyl sites for hydroxylation is 2.